The third kappa shape index (κ3) is 7.15. The highest BCUT2D eigenvalue weighted by molar-refractivity contribution is 7.99. The fourth-order valence-corrected chi connectivity index (χ4v) is 5.70. The van der Waals surface area contributed by atoms with Crippen LogP contribution in [0.25, 0.3) is 16.6 Å². The molecule has 3 aromatic rings. The minimum atomic E-state index is -1.35. The molecule has 0 unspecified atom stereocenters. The van der Waals surface area contributed by atoms with Gasteiger partial charge >= 0.3 is 23.9 Å². The number of ether oxygens (including phenoxy) is 5. The molecule has 0 N–H and O–H groups in total. The SMILES string of the molecule is CC(=O)OC[C@H]1O[C@@H](Sc2nc3ccccc3c(=O)n2-c2ccc(C)cc2)[C@H](OC(C)=O)[C@@H](OC(C)=O)[C@H]1OC(C)=O. The second-order valence-corrected chi connectivity index (χ2v) is 10.6. The molecule has 42 heavy (non-hydrogen) atoms. The molecule has 4 rings (SSSR count). The maximum Gasteiger partial charge on any atom is 0.303 e. The van der Waals surface area contributed by atoms with Gasteiger partial charge in [0.25, 0.3) is 5.56 Å². The molecule has 2 heterocycles. The maximum atomic E-state index is 13.8. The zero-order valence-electron chi connectivity index (χ0n) is 23.6. The van der Waals surface area contributed by atoms with Crippen molar-refractivity contribution in [3.63, 3.8) is 0 Å². The van der Waals surface area contributed by atoms with Crippen LogP contribution < -0.4 is 5.56 Å². The van der Waals surface area contributed by atoms with Gasteiger partial charge in [-0.05, 0) is 31.2 Å². The normalized spacial score (nSPS) is 21.8. The zero-order valence-corrected chi connectivity index (χ0v) is 24.4. The number of fused-ring (bicyclic) bond motifs is 1. The van der Waals surface area contributed by atoms with Crippen LogP contribution >= 0.6 is 11.8 Å². The van der Waals surface area contributed by atoms with Crippen molar-refractivity contribution in [2.75, 3.05) is 6.61 Å². The number of hydrogen-bond acceptors (Lipinski definition) is 12. The molecule has 13 heteroatoms. The van der Waals surface area contributed by atoms with Gasteiger partial charge in [0.2, 0.25) is 0 Å². The van der Waals surface area contributed by atoms with Crippen molar-refractivity contribution < 1.29 is 42.9 Å². The average Bonchev–Trinajstić information content (AvgIpc) is 2.91. The van der Waals surface area contributed by atoms with E-state index in [2.05, 4.69) is 0 Å². The van der Waals surface area contributed by atoms with E-state index in [1.54, 1.807) is 36.4 Å². The van der Waals surface area contributed by atoms with Crippen LogP contribution in [0.5, 0.6) is 0 Å². The van der Waals surface area contributed by atoms with E-state index < -0.39 is 53.7 Å². The highest BCUT2D eigenvalue weighted by Gasteiger charge is 2.52. The Morgan fingerprint density at radius 2 is 1.43 bits per heavy atom. The minimum absolute atomic E-state index is 0.184. The maximum absolute atomic E-state index is 13.8. The van der Waals surface area contributed by atoms with Gasteiger partial charge in [-0.25, -0.2) is 4.98 Å². The Bertz CT molecular complexity index is 1550. The van der Waals surface area contributed by atoms with E-state index in [1.165, 1.54) is 11.5 Å². The van der Waals surface area contributed by atoms with Crippen LogP contribution in [-0.4, -0.2) is 69.9 Å². The molecule has 1 aliphatic rings. The molecule has 2 aromatic carbocycles. The lowest BCUT2D eigenvalue weighted by Crippen LogP contribution is -2.61. The zero-order chi connectivity index (χ0) is 30.6. The lowest BCUT2D eigenvalue weighted by atomic mass is 9.99. The Kier molecular flexibility index (Phi) is 9.63. The van der Waals surface area contributed by atoms with Gasteiger partial charge in [0.05, 0.1) is 16.6 Å². The average molecular weight is 599 g/mol. The number of para-hydroxylation sites is 1. The topological polar surface area (TPSA) is 149 Å². The number of aromatic nitrogens is 2. The third-order valence-corrected chi connectivity index (χ3v) is 7.30. The number of rotatable bonds is 8. The molecule has 1 aromatic heterocycles. The first-order valence-corrected chi connectivity index (χ1v) is 13.9. The first-order chi connectivity index (χ1) is 19.9. The number of nitrogens with zero attached hydrogens (tertiary/aromatic N) is 2. The standard InChI is InChI=1S/C29H30N2O10S/c1-15-10-12-20(13-11-15)31-27(36)21-8-6-7-9-22(21)30-29(31)42-28-26(40-19(5)35)25(39-18(4)34)24(38-17(3)33)23(41-28)14-37-16(2)32/h6-13,23-26,28H,14H2,1-5H3/t23-,24+,25+,26-,28+/m1/s1. The van der Waals surface area contributed by atoms with Gasteiger partial charge in [0, 0.05) is 27.7 Å². The molecule has 222 valence electrons. The summed E-state index contributed by atoms with van der Waals surface area (Å²) in [6, 6.07) is 14.1. The van der Waals surface area contributed by atoms with E-state index in [0.717, 1.165) is 38.1 Å². The predicted molar refractivity (Wildman–Crippen MR) is 150 cm³/mol. The molecule has 0 radical (unpaired) electrons. The van der Waals surface area contributed by atoms with Crippen LogP contribution in [0.3, 0.4) is 0 Å². The lowest BCUT2D eigenvalue weighted by Gasteiger charge is -2.44. The number of carbonyl (C=O) groups is 4. The Morgan fingerprint density at radius 3 is 2.05 bits per heavy atom. The van der Waals surface area contributed by atoms with Crippen LogP contribution in [0.4, 0.5) is 0 Å². The van der Waals surface area contributed by atoms with Crippen molar-refractivity contribution in [3.05, 3.63) is 64.4 Å². The van der Waals surface area contributed by atoms with Crippen LogP contribution in [-0.2, 0) is 42.9 Å². The van der Waals surface area contributed by atoms with Gasteiger partial charge in [-0.2, -0.15) is 0 Å². The van der Waals surface area contributed by atoms with Crippen LogP contribution in [0, 0.1) is 6.92 Å². The lowest BCUT2D eigenvalue weighted by molar-refractivity contribution is -0.237. The highest BCUT2D eigenvalue weighted by Crippen LogP contribution is 2.37. The molecule has 1 fully saturated rings. The van der Waals surface area contributed by atoms with Gasteiger partial charge in [-0.3, -0.25) is 28.5 Å². The fraction of sp³-hybridized carbons (Fsp3) is 0.379. The molecule has 0 spiro atoms. The fourth-order valence-electron chi connectivity index (χ4n) is 4.50. The minimum Gasteiger partial charge on any atom is -0.463 e. The first-order valence-electron chi connectivity index (χ1n) is 13.0. The number of thioether (sulfide) groups is 1. The van der Waals surface area contributed by atoms with Crippen LogP contribution in [0.15, 0.2) is 58.5 Å². The van der Waals surface area contributed by atoms with Gasteiger partial charge in [0.1, 0.15) is 12.7 Å². The summed E-state index contributed by atoms with van der Waals surface area (Å²) in [6.07, 6.45) is -5.09. The number of aryl methyl sites for hydroxylation is 1. The van der Waals surface area contributed by atoms with Crippen molar-refractivity contribution in [3.8, 4) is 5.69 Å². The van der Waals surface area contributed by atoms with Gasteiger partial charge in [-0.15, -0.1) is 0 Å². The highest BCUT2D eigenvalue weighted by atomic mass is 32.2. The van der Waals surface area contributed by atoms with E-state index >= 15 is 0 Å². The molecule has 1 saturated heterocycles. The summed E-state index contributed by atoms with van der Waals surface area (Å²) in [4.78, 5) is 66.6. The summed E-state index contributed by atoms with van der Waals surface area (Å²) in [5.41, 5.74) is 0.415. The Balaban J connectivity index is 1.87. The second-order valence-electron chi connectivity index (χ2n) is 9.57. The molecule has 0 amide bonds. The Hall–Kier alpha value is -4.23. The summed E-state index contributed by atoms with van der Waals surface area (Å²) in [6.45, 7) is 6.20. The third-order valence-electron chi connectivity index (χ3n) is 6.21. The quantitative estimate of drug-likeness (QED) is 0.213. The first kappa shape index (κ1) is 30.7. The van der Waals surface area contributed by atoms with Crippen LogP contribution in [0.2, 0.25) is 0 Å². The summed E-state index contributed by atoms with van der Waals surface area (Å²) in [7, 11) is 0. The molecule has 0 aliphatic carbocycles. The summed E-state index contributed by atoms with van der Waals surface area (Å²) in [5, 5.41) is 0.562. The molecule has 0 saturated carbocycles. The van der Waals surface area contributed by atoms with E-state index in [0.29, 0.717) is 16.6 Å². The molecule has 1 aliphatic heterocycles. The summed E-state index contributed by atoms with van der Waals surface area (Å²) in [5.74, 6) is -2.83. The molecular weight excluding hydrogens is 568 g/mol. The van der Waals surface area contributed by atoms with Crippen molar-refractivity contribution >= 4 is 46.5 Å². The molecule has 0 bridgehead atoms. The number of esters is 4. The van der Waals surface area contributed by atoms with Crippen molar-refractivity contribution in [1.29, 1.82) is 0 Å². The van der Waals surface area contributed by atoms with E-state index in [4.69, 9.17) is 28.7 Å². The summed E-state index contributed by atoms with van der Waals surface area (Å²) >= 11 is 0.939. The Morgan fingerprint density at radius 1 is 0.833 bits per heavy atom. The molecular formula is C29H30N2O10S. The van der Waals surface area contributed by atoms with E-state index in [-0.39, 0.29) is 17.3 Å². The van der Waals surface area contributed by atoms with Gasteiger partial charge in [0.15, 0.2) is 28.9 Å². The van der Waals surface area contributed by atoms with Crippen molar-refractivity contribution in [1.82, 2.24) is 9.55 Å². The van der Waals surface area contributed by atoms with E-state index in [9.17, 15) is 24.0 Å². The number of benzene rings is 2. The van der Waals surface area contributed by atoms with Gasteiger partial charge in [-0.1, -0.05) is 41.6 Å². The number of carbonyl (C=O) groups excluding carboxylic acids is 4. The second kappa shape index (κ2) is 13.2. The Labute approximate surface area is 245 Å². The van der Waals surface area contributed by atoms with Crippen molar-refractivity contribution in [2.45, 2.75) is 69.6 Å². The smallest absolute Gasteiger partial charge is 0.303 e. The molecule has 5 atom stereocenters. The van der Waals surface area contributed by atoms with Crippen molar-refractivity contribution in [2.24, 2.45) is 0 Å². The van der Waals surface area contributed by atoms with Crippen LogP contribution in [0.1, 0.15) is 33.3 Å². The summed E-state index contributed by atoms with van der Waals surface area (Å²) < 4.78 is 29.3. The predicted octanol–water partition coefficient (Wildman–Crippen LogP) is 2.87. The van der Waals surface area contributed by atoms with Gasteiger partial charge < -0.3 is 23.7 Å². The molecule has 12 nitrogen and oxygen atoms in total. The number of hydrogen-bond donors (Lipinski definition) is 0. The monoisotopic (exact) mass is 598 g/mol. The van der Waals surface area contributed by atoms with E-state index in [1.807, 2.05) is 19.1 Å². The largest absolute Gasteiger partial charge is 0.463 e.